The third-order valence-electron chi connectivity index (χ3n) is 1.81. The fourth-order valence-corrected chi connectivity index (χ4v) is 1.67. The van der Waals surface area contributed by atoms with E-state index in [1.165, 1.54) is 12.1 Å². The highest BCUT2D eigenvalue weighted by Crippen LogP contribution is 2.29. The minimum Gasteiger partial charge on any atom is -0.324 e. The molecule has 0 fully saturated rings. The normalized spacial score (nSPS) is 13.1. The van der Waals surface area contributed by atoms with Gasteiger partial charge in [-0.3, -0.25) is 0 Å². The van der Waals surface area contributed by atoms with Crippen LogP contribution >= 0.6 is 35.0 Å². The third kappa shape index (κ3) is 4.84. The number of rotatable bonds is 2. The van der Waals surface area contributed by atoms with Crippen molar-refractivity contribution >= 4 is 35.0 Å². The van der Waals surface area contributed by atoms with Gasteiger partial charge in [-0.25, -0.2) is 4.39 Å². The molecular formula is C9H9ClF4IN. The van der Waals surface area contributed by atoms with Crippen molar-refractivity contribution in [3.63, 3.8) is 0 Å². The van der Waals surface area contributed by atoms with E-state index in [4.69, 9.17) is 5.73 Å². The maximum absolute atomic E-state index is 13.1. The Labute approximate surface area is 110 Å². The van der Waals surface area contributed by atoms with Gasteiger partial charge in [0.1, 0.15) is 5.82 Å². The molecule has 7 heteroatoms. The third-order valence-corrected chi connectivity index (χ3v) is 2.48. The molecule has 0 saturated heterocycles. The van der Waals surface area contributed by atoms with Gasteiger partial charge in [0.05, 0.1) is 6.42 Å². The average molecular weight is 370 g/mol. The van der Waals surface area contributed by atoms with E-state index in [9.17, 15) is 17.6 Å². The SMILES string of the molecule is Cl.N[C@H](CC(F)(F)F)c1cc(I)ccc1F. The molecule has 0 aromatic heterocycles. The molecule has 1 atom stereocenters. The summed E-state index contributed by atoms with van der Waals surface area (Å²) in [6.07, 6.45) is -5.60. The summed E-state index contributed by atoms with van der Waals surface area (Å²) < 4.78 is 49.9. The van der Waals surface area contributed by atoms with Gasteiger partial charge in [0.2, 0.25) is 0 Å². The van der Waals surface area contributed by atoms with Crippen LogP contribution in [-0.4, -0.2) is 6.18 Å². The molecule has 0 bridgehead atoms. The average Bonchev–Trinajstić information content (AvgIpc) is 2.06. The predicted molar refractivity (Wildman–Crippen MR) is 64.0 cm³/mol. The zero-order chi connectivity index (χ0) is 11.6. The molecular weight excluding hydrogens is 360 g/mol. The molecule has 1 aromatic carbocycles. The van der Waals surface area contributed by atoms with Crippen LogP contribution in [0, 0.1) is 9.39 Å². The highest BCUT2D eigenvalue weighted by Gasteiger charge is 2.31. The minimum absolute atomic E-state index is 0. The molecule has 2 N–H and O–H groups in total. The number of benzene rings is 1. The summed E-state index contributed by atoms with van der Waals surface area (Å²) in [5.74, 6) is -0.702. The maximum Gasteiger partial charge on any atom is 0.390 e. The molecule has 0 aliphatic carbocycles. The van der Waals surface area contributed by atoms with Crippen LogP contribution in [0.25, 0.3) is 0 Å². The van der Waals surface area contributed by atoms with Crippen LogP contribution in [0.5, 0.6) is 0 Å². The first kappa shape index (κ1) is 15.9. The van der Waals surface area contributed by atoms with Gasteiger partial charge in [-0.2, -0.15) is 13.2 Å². The summed E-state index contributed by atoms with van der Waals surface area (Å²) in [6.45, 7) is 0. The van der Waals surface area contributed by atoms with E-state index in [-0.39, 0.29) is 18.0 Å². The maximum atomic E-state index is 13.1. The molecule has 1 rings (SSSR count). The lowest BCUT2D eigenvalue weighted by Gasteiger charge is -2.15. The topological polar surface area (TPSA) is 26.0 Å². The Kier molecular flexibility index (Phi) is 5.99. The van der Waals surface area contributed by atoms with Crippen molar-refractivity contribution in [3.05, 3.63) is 33.1 Å². The van der Waals surface area contributed by atoms with Crippen LogP contribution in [0.2, 0.25) is 0 Å². The standard InChI is InChI=1S/C9H8F4IN.ClH/c10-7-2-1-5(14)3-6(7)8(15)4-9(11,12)13;/h1-3,8H,4,15H2;1H/t8-;/m1./s1. The van der Waals surface area contributed by atoms with Crippen LogP contribution in [0.3, 0.4) is 0 Å². The quantitative estimate of drug-likeness (QED) is 0.623. The fraction of sp³-hybridized carbons (Fsp3) is 0.333. The second-order valence-corrected chi connectivity index (χ2v) is 4.34. The van der Waals surface area contributed by atoms with Gasteiger partial charge in [-0.05, 0) is 40.8 Å². The Hall–Kier alpha value is -0.0800. The fourth-order valence-electron chi connectivity index (χ4n) is 1.16. The van der Waals surface area contributed by atoms with Crippen LogP contribution in [0.1, 0.15) is 18.0 Å². The lowest BCUT2D eigenvalue weighted by atomic mass is 10.0. The Morgan fingerprint density at radius 1 is 1.31 bits per heavy atom. The number of halogens is 6. The summed E-state index contributed by atoms with van der Waals surface area (Å²) in [5, 5.41) is 0. The van der Waals surface area contributed by atoms with Crippen molar-refractivity contribution in [2.24, 2.45) is 5.73 Å². The Bertz CT molecular complexity index is 356. The van der Waals surface area contributed by atoms with Crippen molar-refractivity contribution in [2.45, 2.75) is 18.6 Å². The Morgan fingerprint density at radius 3 is 2.38 bits per heavy atom. The first-order valence-corrected chi connectivity index (χ1v) is 5.15. The van der Waals surface area contributed by atoms with Gasteiger partial charge in [0, 0.05) is 15.2 Å². The summed E-state index contributed by atoms with van der Waals surface area (Å²) in [4.78, 5) is 0. The molecule has 0 radical (unpaired) electrons. The Balaban J connectivity index is 0.00000225. The lowest BCUT2D eigenvalue weighted by molar-refractivity contribution is -0.138. The van der Waals surface area contributed by atoms with Crippen molar-refractivity contribution in [2.75, 3.05) is 0 Å². The predicted octanol–water partition coefficient (Wildman–Crippen LogP) is 3.80. The van der Waals surface area contributed by atoms with E-state index < -0.39 is 24.5 Å². The largest absolute Gasteiger partial charge is 0.390 e. The molecule has 0 heterocycles. The second kappa shape index (κ2) is 6.02. The van der Waals surface area contributed by atoms with E-state index in [1.54, 1.807) is 0 Å². The van der Waals surface area contributed by atoms with Crippen LogP contribution in [0.4, 0.5) is 17.6 Å². The minimum atomic E-state index is -4.38. The van der Waals surface area contributed by atoms with Crippen molar-refractivity contribution in [1.82, 2.24) is 0 Å². The summed E-state index contributed by atoms with van der Waals surface area (Å²) in [5.41, 5.74) is 5.19. The van der Waals surface area contributed by atoms with E-state index in [2.05, 4.69) is 0 Å². The molecule has 92 valence electrons. The second-order valence-electron chi connectivity index (χ2n) is 3.09. The van der Waals surface area contributed by atoms with Gasteiger partial charge in [0.15, 0.2) is 0 Å². The molecule has 1 aromatic rings. The molecule has 0 aliphatic rings. The van der Waals surface area contributed by atoms with Gasteiger partial charge in [-0.1, -0.05) is 0 Å². The van der Waals surface area contributed by atoms with Crippen molar-refractivity contribution in [1.29, 1.82) is 0 Å². The summed E-state index contributed by atoms with van der Waals surface area (Å²) in [6, 6.07) is 2.57. The zero-order valence-electron chi connectivity index (χ0n) is 7.89. The zero-order valence-corrected chi connectivity index (χ0v) is 10.9. The van der Waals surface area contributed by atoms with Gasteiger partial charge >= 0.3 is 6.18 Å². The van der Waals surface area contributed by atoms with Gasteiger partial charge < -0.3 is 5.73 Å². The molecule has 16 heavy (non-hydrogen) atoms. The van der Waals surface area contributed by atoms with Crippen molar-refractivity contribution in [3.8, 4) is 0 Å². The molecule has 0 spiro atoms. The molecule has 1 nitrogen and oxygen atoms in total. The molecule has 0 aliphatic heterocycles. The van der Waals surface area contributed by atoms with Gasteiger partial charge in [0.25, 0.3) is 0 Å². The van der Waals surface area contributed by atoms with Crippen LogP contribution in [-0.2, 0) is 0 Å². The first-order valence-electron chi connectivity index (χ1n) is 4.07. The number of hydrogen-bond donors (Lipinski definition) is 1. The molecule has 0 saturated carbocycles. The smallest absolute Gasteiger partial charge is 0.324 e. The number of alkyl halides is 3. The van der Waals surface area contributed by atoms with E-state index in [1.807, 2.05) is 22.6 Å². The first-order chi connectivity index (χ1) is 6.79. The van der Waals surface area contributed by atoms with E-state index in [0.29, 0.717) is 3.57 Å². The van der Waals surface area contributed by atoms with Gasteiger partial charge in [-0.15, -0.1) is 12.4 Å². The number of hydrogen-bond acceptors (Lipinski definition) is 1. The van der Waals surface area contributed by atoms with E-state index in [0.717, 1.165) is 6.07 Å². The lowest BCUT2D eigenvalue weighted by Crippen LogP contribution is -2.21. The van der Waals surface area contributed by atoms with Crippen molar-refractivity contribution < 1.29 is 17.6 Å². The summed E-state index contributed by atoms with van der Waals surface area (Å²) in [7, 11) is 0. The van der Waals surface area contributed by atoms with Crippen LogP contribution in [0.15, 0.2) is 18.2 Å². The Morgan fingerprint density at radius 2 is 1.88 bits per heavy atom. The van der Waals surface area contributed by atoms with E-state index >= 15 is 0 Å². The number of nitrogens with two attached hydrogens (primary N) is 1. The highest BCUT2D eigenvalue weighted by molar-refractivity contribution is 14.1. The highest BCUT2D eigenvalue weighted by atomic mass is 127. The molecule has 0 amide bonds. The van der Waals surface area contributed by atoms with Crippen LogP contribution < -0.4 is 5.73 Å². The monoisotopic (exact) mass is 369 g/mol. The summed E-state index contributed by atoms with van der Waals surface area (Å²) >= 11 is 1.89. The molecule has 0 unspecified atom stereocenters.